The van der Waals surface area contributed by atoms with Gasteiger partial charge in [-0.15, -0.1) is 0 Å². The Labute approximate surface area is 141 Å². The third-order valence-corrected chi connectivity index (χ3v) is 3.94. The molecule has 0 radical (unpaired) electrons. The molecule has 0 bridgehead atoms. The van der Waals surface area contributed by atoms with Gasteiger partial charge < -0.3 is 20.1 Å². The van der Waals surface area contributed by atoms with Crippen molar-refractivity contribution in [3.05, 3.63) is 71.0 Å². The lowest BCUT2D eigenvalue weighted by molar-refractivity contribution is 0.329. The highest BCUT2D eigenvalue weighted by Crippen LogP contribution is 2.39. The molecule has 2 aromatic rings. The number of para-hydroxylation sites is 1. The van der Waals surface area contributed by atoms with Crippen LogP contribution in [0.5, 0.6) is 11.5 Å². The second-order valence-corrected chi connectivity index (χ2v) is 5.28. The largest absolute Gasteiger partial charge is 0.493 e. The van der Waals surface area contributed by atoms with Crippen LogP contribution in [0.1, 0.15) is 31.1 Å². The van der Waals surface area contributed by atoms with Crippen molar-refractivity contribution >= 4 is 0 Å². The molecule has 5 heteroatoms. The molecule has 0 fully saturated rings. The van der Waals surface area contributed by atoms with Gasteiger partial charge in [-0.1, -0.05) is 44.2 Å². The number of fused-ring (bicyclic) bond motifs is 1. The average Bonchev–Trinajstić information content (AvgIpc) is 3.04. The van der Waals surface area contributed by atoms with E-state index in [9.17, 15) is 4.39 Å². The summed E-state index contributed by atoms with van der Waals surface area (Å²) in [4.78, 5) is 0. The molecule has 0 amide bonds. The van der Waals surface area contributed by atoms with Gasteiger partial charge in [-0.2, -0.15) is 0 Å². The fraction of sp³-hybridized carbons (Fsp3) is 0.263. The van der Waals surface area contributed by atoms with Gasteiger partial charge in [-0.3, -0.25) is 0 Å². The number of benzene rings is 2. The zero-order valence-corrected chi connectivity index (χ0v) is 14.0. The standard InChI is InChI=1S/C17H15FN2O2.C2H6/c1-21-14-8-4-5-10-9-13-17(22-15(10)14)20-16(19-13)11-6-2-3-7-12(11)18;1-2/h2-8,16,19-20H,9H2,1H3;1-2H3. The first-order valence-corrected chi connectivity index (χ1v) is 8.10. The molecular formula is C19H21FN2O2. The van der Waals surface area contributed by atoms with Gasteiger partial charge in [0, 0.05) is 17.5 Å². The van der Waals surface area contributed by atoms with E-state index in [1.54, 1.807) is 19.2 Å². The predicted octanol–water partition coefficient (Wildman–Crippen LogP) is 3.86. The van der Waals surface area contributed by atoms with Crippen LogP contribution in [-0.4, -0.2) is 7.11 Å². The molecule has 0 spiro atoms. The van der Waals surface area contributed by atoms with Crippen LogP contribution in [0, 0.1) is 5.82 Å². The van der Waals surface area contributed by atoms with E-state index in [1.165, 1.54) is 6.07 Å². The van der Waals surface area contributed by atoms with E-state index in [4.69, 9.17) is 9.47 Å². The van der Waals surface area contributed by atoms with E-state index in [1.807, 2.05) is 38.1 Å². The Morgan fingerprint density at radius 3 is 2.62 bits per heavy atom. The SMILES string of the molecule is CC.COc1cccc2c1OC1=C(C2)NC(c2ccccc2F)N1. The summed E-state index contributed by atoms with van der Waals surface area (Å²) in [6.45, 7) is 4.00. The Morgan fingerprint density at radius 1 is 1.08 bits per heavy atom. The van der Waals surface area contributed by atoms with Crippen molar-refractivity contribution in [2.45, 2.75) is 26.4 Å². The Hall–Kier alpha value is -2.69. The third kappa shape index (κ3) is 2.77. The molecule has 0 aliphatic carbocycles. The minimum atomic E-state index is -0.327. The summed E-state index contributed by atoms with van der Waals surface area (Å²) in [7, 11) is 1.62. The second kappa shape index (κ2) is 6.83. The summed E-state index contributed by atoms with van der Waals surface area (Å²) in [5, 5.41) is 6.48. The van der Waals surface area contributed by atoms with Gasteiger partial charge in [0.15, 0.2) is 11.5 Å². The molecule has 126 valence electrons. The molecule has 4 nitrogen and oxygen atoms in total. The van der Waals surface area contributed by atoms with Crippen molar-refractivity contribution in [2.24, 2.45) is 0 Å². The summed E-state index contributed by atoms with van der Waals surface area (Å²) in [6.07, 6.45) is 0.367. The van der Waals surface area contributed by atoms with Crippen molar-refractivity contribution < 1.29 is 13.9 Å². The van der Waals surface area contributed by atoms with Crippen molar-refractivity contribution in [3.63, 3.8) is 0 Å². The van der Waals surface area contributed by atoms with Crippen LogP contribution >= 0.6 is 0 Å². The normalized spacial score (nSPS) is 17.4. The number of hydrogen-bond acceptors (Lipinski definition) is 4. The van der Waals surface area contributed by atoms with E-state index in [2.05, 4.69) is 10.6 Å². The summed E-state index contributed by atoms with van der Waals surface area (Å²) in [5.74, 6) is 1.79. The molecule has 1 unspecified atom stereocenters. The average molecular weight is 328 g/mol. The molecule has 0 saturated carbocycles. The topological polar surface area (TPSA) is 42.5 Å². The molecule has 2 aliphatic heterocycles. The smallest absolute Gasteiger partial charge is 0.215 e. The van der Waals surface area contributed by atoms with Crippen molar-refractivity contribution in [3.8, 4) is 11.5 Å². The molecule has 1 atom stereocenters. The van der Waals surface area contributed by atoms with Gasteiger partial charge in [0.05, 0.1) is 12.8 Å². The highest BCUT2D eigenvalue weighted by molar-refractivity contribution is 5.51. The fourth-order valence-electron chi connectivity index (χ4n) is 2.85. The molecular weight excluding hydrogens is 307 g/mol. The Bertz CT molecular complexity index is 774. The van der Waals surface area contributed by atoms with Crippen molar-refractivity contribution in [1.29, 1.82) is 0 Å². The highest BCUT2D eigenvalue weighted by Gasteiger charge is 2.32. The second-order valence-electron chi connectivity index (χ2n) is 5.28. The van der Waals surface area contributed by atoms with Gasteiger partial charge in [0.1, 0.15) is 12.0 Å². The first kappa shape index (κ1) is 16.2. The van der Waals surface area contributed by atoms with Gasteiger partial charge in [-0.25, -0.2) is 4.39 Å². The lowest BCUT2D eigenvalue weighted by Crippen LogP contribution is -2.25. The van der Waals surface area contributed by atoms with Crippen LogP contribution in [0.2, 0.25) is 0 Å². The molecule has 2 heterocycles. The number of rotatable bonds is 2. The van der Waals surface area contributed by atoms with Crippen LogP contribution in [0.25, 0.3) is 0 Å². The number of ether oxygens (including phenoxy) is 2. The lowest BCUT2D eigenvalue weighted by Gasteiger charge is -2.20. The maximum Gasteiger partial charge on any atom is 0.215 e. The minimum absolute atomic E-state index is 0.248. The highest BCUT2D eigenvalue weighted by atomic mass is 19.1. The van der Waals surface area contributed by atoms with E-state index in [0.717, 1.165) is 11.3 Å². The number of halogens is 1. The Morgan fingerprint density at radius 2 is 1.88 bits per heavy atom. The fourth-order valence-corrected chi connectivity index (χ4v) is 2.85. The zero-order valence-electron chi connectivity index (χ0n) is 14.0. The van der Waals surface area contributed by atoms with Gasteiger partial charge in [-0.05, 0) is 12.1 Å². The first-order chi connectivity index (χ1) is 11.8. The van der Waals surface area contributed by atoms with Crippen LogP contribution < -0.4 is 20.1 Å². The summed E-state index contributed by atoms with van der Waals surface area (Å²) in [6, 6.07) is 12.5. The molecule has 2 aliphatic rings. The summed E-state index contributed by atoms with van der Waals surface area (Å²) in [5.41, 5.74) is 2.53. The van der Waals surface area contributed by atoms with E-state index < -0.39 is 0 Å². The Balaban J connectivity index is 0.000000815. The number of hydrogen-bond donors (Lipinski definition) is 2. The molecule has 0 aromatic heterocycles. The van der Waals surface area contributed by atoms with Gasteiger partial charge >= 0.3 is 0 Å². The maximum atomic E-state index is 13.9. The van der Waals surface area contributed by atoms with Crippen LogP contribution in [0.4, 0.5) is 4.39 Å². The van der Waals surface area contributed by atoms with Gasteiger partial charge in [0.2, 0.25) is 5.88 Å². The summed E-state index contributed by atoms with van der Waals surface area (Å²) < 4.78 is 25.2. The minimum Gasteiger partial charge on any atom is -0.493 e. The molecule has 4 rings (SSSR count). The Kier molecular flexibility index (Phi) is 4.60. The zero-order chi connectivity index (χ0) is 17.1. The maximum absolute atomic E-state index is 13.9. The quantitative estimate of drug-likeness (QED) is 0.878. The molecule has 2 aromatic carbocycles. The molecule has 2 N–H and O–H groups in total. The van der Waals surface area contributed by atoms with Crippen LogP contribution in [0.3, 0.4) is 0 Å². The van der Waals surface area contributed by atoms with E-state index in [0.29, 0.717) is 29.4 Å². The van der Waals surface area contributed by atoms with Crippen LogP contribution in [-0.2, 0) is 6.42 Å². The lowest BCUT2D eigenvalue weighted by atomic mass is 10.1. The monoisotopic (exact) mass is 328 g/mol. The van der Waals surface area contributed by atoms with Crippen LogP contribution in [0.15, 0.2) is 54.0 Å². The predicted molar refractivity (Wildman–Crippen MR) is 91.1 cm³/mol. The third-order valence-electron chi connectivity index (χ3n) is 3.94. The summed E-state index contributed by atoms with van der Waals surface area (Å²) >= 11 is 0. The van der Waals surface area contributed by atoms with Crippen molar-refractivity contribution in [1.82, 2.24) is 10.6 Å². The first-order valence-electron chi connectivity index (χ1n) is 8.10. The van der Waals surface area contributed by atoms with Gasteiger partial charge in [0.25, 0.3) is 0 Å². The molecule has 24 heavy (non-hydrogen) atoms. The number of methoxy groups -OCH3 is 1. The van der Waals surface area contributed by atoms with Crippen molar-refractivity contribution in [2.75, 3.05) is 7.11 Å². The van der Waals surface area contributed by atoms with E-state index >= 15 is 0 Å². The number of nitrogens with one attached hydrogen (secondary N) is 2. The molecule has 0 saturated heterocycles. The number of allylic oxidation sites excluding steroid dienone is 1. The van der Waals surface area contributed by atoms with E-state index in [-0.39, 0.29) is 12.0 Å².